The van der Waals surface area contributed by atoms with Crippen molar-refractivity contribution in [2.75, 3.05) is 5.75 Å². The molecular weight excluding hydrogens is 462 g/mol. The average molecular weight is 494 g/mol. The van der Waals surface area contributed by atoms with Crippen molar-refractivity contribution in [3.8, 4) is 0 Å². The van der Waals surface area contributed by atoms with E-state index >= 15 is 0 Å². The van der Waals surface area contributed by atoms with Gasteiger partial charge in [0.15, 0.2) is 0 Å². The van der Waals surface area contributed by atoms with Crippen molar-refractivity contribution in [3.05, 3.63) is 75.1 Å². The Morgan fingerprint density at radius 1 is 1.06 bits per heavy atom. The summed E-state index contributed by atoms with van der Waals surface area (Å²) >= 11 is 1.48. The van der Waals surface area contributed by atoms with Crippen LogP contribution in [0.4, 0.5) is 0 Å². The molecule has 0 bridgehead atoms. The number of rotatable bonds is 9. The van der Waals surface area contributed by atoms with E-state index in [9.17, 15) is 19.5 Å². The van der Waals surface area contributed by atoms with Gasteiger partial charge in [-0.3, -0.25) is 18.7 Å². The number of carboxylic acid groups (broad SMARTS) is 1. The minimum Gasteiger partial charge on any atom is -0.481 e. The van der Waals surface area contributed by atoms with E-state index in [1.54, 1.807) is 11.5 Å². The van der Waals surface area contributed by atoms with Gasteiger partial charge in [0.05, 0.1) is 21.8 Å². The smallest absolute Gasteiger partial charge is 0.331 e. The van der Waals surface area contributed by atoms with Crippen LogP contribution in [0.3, 0.4) is 0 Å². The second-order valence-electron chi connectivity index (χ2n) is 9.49. The van der Waals surface area contributed by atoms with Crippen molar-refractivity contribution in [3.63, 3.8) is 0 Å². The molecule has 0 aliphatic heterocycles. The van der Waals surface area contributed by atoms with E-state index in [0.717, 1.165) is 21.4 Å². The molecule has 2 aromatic heterocycles. The van der Waals surface area contributed by atoms with E-state index in [-0.39, 0.29) is 17.2 Å². The number of benzene rings is 2. The first kappa shape index (κ1) is 24.9. The minimum absolute atomic E-state index is 0.224. The first-order valence-electron chi connectivity index (χ1n) is 11.8. The van der Waals surface area contributed by atoms with Crippen LogP contribution in [-0.4, -0.2) is 30.5 Å². The van der Waals surface area contributed by atoms with Crippen LogP contribution >= 0.6 is 11.8 Å². The summed E-state index contributed by atoms with van der Waals surface area (Å²) in [5.74, 6) is -0.531. The molecule has 184 valence electrons. The molecule has 1 N–H and O–H groups in total. The Balaban J connectivity index is 1.89. The second kappa shape index (κ2) is 10.2. The third-order valence-electron chi connectivity index (χ3n) is 6.32. The Morgan fingerprint density at radius 3 is 2.49 bits per heavy atom. The third kappa shape index (κ3) is 4.93. The van der Waals surface area contributed by atoms with E-state index in [4.69, 9.17) is 0 Å². The van der Waals surface area contributed by atoms with Crippen molar-refractivity contribution in [2.45, 2.75) is 45.3 Å². The SMILES string of the molecule is CC(C)Cn1c(=O)n(C)c(=O)c2c(SCCC(C)C(=O)O)n(Cc3cccc4ccccc34)cc21. The lowest BCUT2D eigenvalue weighted by atomic mass is 10.0. The summed E-state index contributed by atoms with van der Waals surface area (Å²) in [6.45, 7) is 6.81. The number of hydrogen-bond acceptors (Lipinski definition) is 4. The molecule has 2 heterocycles. The monoisotopic (exact) mass is 493 g/mol. The Bertz CT molecular complexity index is 1510. The molecule has 7 nitrogen and oxygen atoms in total. The Kier molecular flexibility index (Phi) is 7.21. The number of aromatic nitrogens is 3. The maximum Gasteiger partial charge on any atom is 0.331 e. The molecule has 4 rings (SSSR count). The highest BCUT2D eigenvalue weighted by atomic mass is 32.2. The van der Waals surface area contributed by atoms with Gasteiger partial charge in [-0.15, -0.1) is 11.8 Å². The summed E-state index contributed by atoms with van der Waals surface area (Å²) in [5, 5.41) is 12.8. The molecule has 1 atom stereocenters. The van der Waals surface area contributed by atoms with Crippen LogP contribution < -0.4 is 11.2 Å². The van der Waals surface area contributed by atoms with E-state index < -0.39 is 11.9 Å². The van der Waals surface area contributed by atoms with Crippen LogP contribution in [0.15, 0.2) is 63.3 Å². The van der Waals surface area contributed by atoms with Gasteiger partial charge >= 0.3 is 11.7 Å². The number of fused-ring (bicyclic) bond motifs is 2. The van der Waals surface area contributed by atoms with E-state index in [1.807, 2.05) is 42.8 Å². The zero-order valence-corrected chi connectivity index (χ0v) is 21.3. The molecule has 0 fully saturated rings. The zero-order valence-electron chi connectivity index (χ0n) is 20.5. The van der Waals surface area contributed by atoms with Crippen molar-refractivity contribution < 1.29 is 9.90 Å². The molecule has 8 heteroatoms. The number of carboxylic acids is 1. The predicted octanol–water partition coefficient (Wildman–Crippen LogP) is 4.56. The van der Waals surface area contributed by atoms with Gasteiger partial charge in [-0.2, -0.15) is 0 Å². The normalized spacial score (nSPS) is 12.6. The van der Waals surface area contributed by atoms with Gasteiger partial charge in [-0.25, -0.2) is 4.79 Å². The van der Waals surface area contributed by atoms with E-state index in [0.29, 0.717) is 36.2 Å². The summed E-state index contributed by atoms with van der Waals surface area (Å²) in [7, 11) is 1.52. The lowest BCUT2D eigenvalue weighted by molar-refractivity contribution is -0.141. The lowest BCUT2D eigenvalue weighted by Crippen LogP contribution is -2.38. The van der Waals surface area contributed by atoms with Crippen LogP contribution in [0.1, 0.15) is 32.8 Å². The highest BCUT2D eigenvalue weighted by Crippen LogP contribution is 2.31. The van der Waals surface area contributed by atoms with E-state index in [2.05, 4.69) is 24.3 Å². The van der Waals surface area contributed by atoms with Crippen molar-refractivity contribution >= 4 is 39.4 Å². The van der Waals surface area contributed by atoms with Gasteiger partial charge in [0.1, 0.15) is 0 Å². The first-order chi connectivity index (χ1) is 16.7. The molecule has 0 saturated carbocycles. The molecule has 35 heavy (non-hydrogen) atoms. The number of carbonyl (C=O) groups is 1. The quantitative estimate of drug-likeness (QED) is 0.346. The first-order valence-corrected chi connectivity index (χ1v) is 12.8. The van der Waals surface area contributed by atoms with Crippen LogP contribution in [0.5, 0.6) is 0 Å². The molecule has 0 saturated heterocycles. The van der Waals surface area contributed by atoms with Crippen molar-refractivity contribution in [1.29, 1.82) is 0 Å². The summed E-state index contributed by atoms with van der Waals surface area (Å²) in [5.41, 5.74) is 1.09. The Hall–Kier alpha value is -3.26. The predicted molar refractivity (Wildman–Crippen MR) is 141 cm³/mol. The van der Waals surface area contributed by atoms with Gasteiger partial charge < -0.3 is 9.67 Å². The molecule has 2 aromatic carbocycles. The maximum atomic E-state index is 13.3. The second-order valence-corrected chi connectivity index (χ2v) is 10.6. The molecule has 0 amide bonds. The van der Waals surface area contributed by atoms with Crippen molar-refractivity contribution in [1.82, 2.24) is 13.7 Å². The fourth-order valence-corrected chi connectivity index (χ4v) is 5.64. The fourth-order valence-electron chi connectivity index (χ4n) is 4.35. The minimum atomic E-state index is -0.830. The van der Waals surface area contributed by atoms with Gasteiger partial charge in [0, 0.05) is 32.1 Å². The standard InChI is InChI=1S/C27H31N3O4S/c1-17(2)14-30-22-16-29(15-20-10-7-9-19-8-5-6-11-21(19)20)25(35-13-12-18(3)26(32)33)23(22)24(31)28(4)27(30)34/h5-11,16-18H,12-15H2,1-4H3,(H,32,33). The summed E-state index contributed by atoms with van der Waals surface area (Å²) < 4.78 is 4.90. The van der Waals surface area contributed by atoms with Gasteiger partial charge in [-0.05, 0) is 28.7 Å². The fraction of sp³-hybridized carbons (Fsp3) is 0.370. The summed E-state index contributed by atoms with van der Waals surface area (Å²) in [6, 6.07) is 14.4. The molecule has 0 radical (unpaired) electrons. The number of aliphatic carboxylic acids is 1. The number of thioether (sulfide) groups is 1. The summed E-state index contributed by atoms with van der Waals surface area (Å²) in [6.07, 6.45) is 2.39. The topological polar surface area (TPSA) is 86.2 Å². The van der Waals surface area contributed by atoms with E-state index in [1.165, 1.54) is 23.4 Å². The molecule has 4 aromatic rings. The largest absolute Gasteiger partial charge is 0.481 e. The Morgan fingerprint density at radius 2 is 1.77 bits per heavy atom. The highest BCUT2D eigenvalue weighted by Gasteiger charge is 2.21. The summed E-state index contributed by atoms with van der Waals surface area (Å²) in [4.78, 5) is 37.7. The zero-order chi connectivity index (χ0) is 25.3. The van der Waals surface area contributed by atoms with Crippen LogP contribution in [0.25, 0.3) is 21.7 Å². The number of nitrogens with zero attached hydrogens (tertiary/aromatic N) is 3. The van der Waals surface area contributed by atoms with Crippen LogP contribution in [0, 0.1) is 11.8 Å². The maximum absolute atomic E-state index is 13.3. The number of hydrogen-bond donors (Lipinski definition) is 1. The van der Waals surface area contributed by atoms with Gasteiger partial charge in [0.25, 0.3) is 5.56 Å². The van der Waals surface area contributed by atoms with Crippen LogP contribution in [-0.2, 0) is 24.9 Å². The Labute approximate surface area is 208 Å². The van der Waals surface area contributed by atoms with Crippen molar-refractivity contribution in [2.24, 2.45) is 18.9 Å². The molecule has 0 spiro atoms. The molecule has 0 aliphatic rings. The molecule has 1 unspecified atom stereocenters. The van der Waals surface area contributed by atoms with Gasteiger partial charge in [0.2, 0.25) is 0 Å². The highest BCUT2D eigenvalue weighted by molar-refractivity contribution is 7.99. The van der Waals surface area contributed by atoms with Crippen LogP contribution in [0.2, 0.25) is 0 Å². The molecule has 0 aliphatic carbocycles. The van der Waals surface area contributed by atoms with Gasteiger partial charge in [-0.1, -0.05) is 63.2 Å². The average Bonchev–Trinajstić information content (AvgIpc) is 3.18. The molecular formula is C27H31N3O4S. The lowest BCUT2D eigenvalue weighted by Gasteiger charge is -2.13. The third-order valence-corrected chi connectivity index (χ3v) is 7.47.